The number of pyridine rings is 1. The summed E-state index contributed by atoms with van der Waals surface area (Å²) in [4.78, 5) is 37.9. The molecular weight excluding hydrogens is 322 g/mol. The van der Waals surface area contributed by atoms with Crippen molar-refractivity contribution in [2.45, 2.75) is 26.2 Å². The molecule has 0 atom stereocenters. The summed E-state index contributed by atoms with van der Waals surface area (Å²) in [5.74, 6) is 0.756. The zero-order chi connectivity index (χ0) is 17.8. The van der Waals surface area contributed by atoms with Crippen molar-refractivity contribution < 1.29 is 9.53 Å². The van der Waals surface area contributed by atoms with Gasteiger partial charge in [-0.1, -0.05) is 0 Å². The molecule has 0 unspecified atom stereocenters. The molecule has 0 bridgehead atoms. The number of H-pyrrole nitrogens is 1. The average molecular weight is 343 g/mol. The standard InChI is InChI=1S/C17H21N5O3/c1-11-13(16(24)21-17(19-11)22-7-3-4-8-22)9-14(23)20-12-5-6-15(25-2)18-10-12/h5-6,10H,3-4,7-9H2,1-2H3,(H,20,23)(H,19,21,24). The number of amides is 1. The Hall–Kier alpha value is -2.90. The number of aromatic nitrogens is 3. The molecule has 2 N–H and O–H groups in total. The molecule has 1 aliphatic heterocycles. The van der Waals surface area contributed by atoms with Crippen LogP contribution in [0.15, 0.2) is 23.1 Å². The molecule has 3 rings (SSSR count). The summed E-state index contributed by atoms with van der Waals surface area (Å²) in [6.45, 7) is 3.55. The van der Waals surface area contributed by atoms with Crippen molar-refractivity contribution in [1.29, 1.82) is 0 Å². The van der Waals surface area contributed by atoms with Crippen LogP contribution in [0.1, 0.15) is 24.1 Å². The van der Waals surface area contributed by atoms with E-state index in [1.165, 1.54) is 13.3 Å². The maximum Gasteiger partial charge on any atom is 0.256 e. The number of carbonyl (C=O) groups excluding carboxylic acids is 1. The molecule has 0 radical (unpaired) electrons. The van der Waals surface area contributed by atoms with E-state index in [9.17, 15) is 9.59 Å². The van der Waals surface area contributed by atoms with Gasteiger partial charge in [0.2, 0.25) is 17.7 Å². The third-order valence-corrected chi connectivity index (χ3v) is 4.18. The van der Waals surface area contributed by atoms with Crippen LogP contribution >= 0.6 is 0 Å². The molecule has 1 saturated heterocycles. The van der Waals surface area contributed by atoms with Gasteiger partial charge in [0.05, 0.1) is 31.1 Å². The Balaban J connectivity index is 1.70. The maximum absolute atomic E-state index is 12.4. The van der Waals surface area contributed by atoms with Crippen molar-refractivity contribution in [1.82, 2.24) is 15.0 Å². The SMILES string of the molecule is COc1ccc(NC(=O)Cc2c(C)nc(N3CCCC3)[nH]c2=O)cn1. The molecular formula is C17H21N5O3. The van der Waals surface area contributed by atoms with Gasteiger partial charge in [-0.25, -0.2) is 9.97 Å². The Kier molecular flexibility index (Phi) is 4.97. The summed E-state index contributed by atoms with van der Waals surface area (Å²) in [5.41, 5.74) is 1.23. The van der Waals surface area contributed by atoms with Crippen molar-refractivity contribution in [3.05, 3.63) is 39.9 Å². The van der Waals surface area contributed by atoms with Gasteiger partial charge in [-0.05, 0) is 25.8 Å². The Labute approximate surface area is 145 Å². The molecule has 8 nitrogen and oxygen atoms in total. The zero-order valence-corrected chi connectivity index (χ0v) is 14.3. The summed E-state index contributed by atoms with van der Waals surface area (Å²) in [6, 6.07) is 3.34. The molecule has 0 saturated carbocycles. The summed E-state index contributed by atoms with van der Waals surface area (Å²) in [6.07, 6.45) is 3.66. The third-order valence-electron chi connectivity index (χ3n) is 4.18. The first-order valence-corrected chi connectivity index (χ1v) is 8.21. The van der Waals surface area contributed by atoms with Gasteiger partial charge in [0.1, 0.15) is 0 Å². The second-order valence-corrected chi connectivity index (χ2v) is 5.96. The van der Waals surface area contributed by atoms with E-state index in [0.717, 1.165) is 25.9 Å². The molecule has 132 valence electrons. The lowest BCUT2D eigenvalue weighted by Gasteiger charge is -2.17. The average Bonchev–Trinajstić information content (AvgIpc) is 3.13. The Bertz CT molecular complexity index is 810. The molecule has 0 aromatic carbocycles. The Morgan fingerprint density at radius 2 is 2.12 bits per heavy atom. The highest BCUT2D eigenvalue weighted by Gasteiger charge is 2.18. The van der Waals surface area contributed by atoms with Crippen LogP contribution < -0.4 is 20.5 Å². The number of hydrogen-bond donors (Lipinski definition) is 2. The number of rotatable bonds is 5. The van der Waals surface area contributed by atoms with E-state index in [2.05, 4.69) is 25.2 Å². The van der Waals surface area contributed by atoms with Gasteiger partial charge in [0, 0.05) is 24.7 Å². The molecule has 0 spiro atoms. The fourth-order valence-corrected chi connectivity index (χ4v) is 2.82. The quantitative estimate of drug-likeness (QED) is 0.848. The number of nitrogens with one attached hydrogen (secondary N) is 2. The number of ether oxygens (including phenoxy) is 1. The van der Waals surface area contributed by atoms with Crippen molar-refractivity contribution >= 4 is 17.5 Å². The topological polar surface area (TPSA) is 100 Å². The zero-order valence-electron chi connectivity index (χ0n) is 14.3. The number of carbonyl (C=O) groups is 1. The van der Waals surface area contributed by atoms with E-state index in [-0.39, 0.29) is 17.9 Å². The van der Waals surface area contributed by atoms with Crippen LogP contribution in [-0.2, 0) is 11.2 Å². The number of aryl methyl sites for hydroxylation is 1. The minimum Gasteiger partial charge on any atom is -0.481 e. The highest BCUT2D eigenvalue weighted by molar-refractivity contribution is 5.92. The van der Waals surface area contributed by atoms with Crippen LogP contribution in [0.4, 0.5) is 11.6 Å². The fourth-order valence-electron chi connectivity index (χ4n) is 2.82. The molecule has 1 aliphatic rings. The van der Waals surface area contributed by atoms with Gasteiger partial charge in [-0.15, -0.1) is 0 Å². The predicted molar refractivity (Wildman–Crippen MR) is 94.2 cm³/mol. The largest absolute Gasteiger partial charge is 0.481 e. The van der Waals surface area contributed by atoms with Crippen molar-refractivity contribution in [2.24, 2.45) is 0 Å². The van der Waals surface area contributed by atoms with Gasteiger partial charge >= 0.3 is 0 Å². The van der Waals surface area contributed by atoms with E-state index in [0.29, 0.717) is 28.8 Å². The molecule has 25 heavy (non-hydrogen) atoms. The molecule has 8 heteroatoms. The van der Waals surface area contributed by atoms with E-state index in [4.69, 9.17) is 4.74 Å². The van der Waals surface area contributed by atoms with Gasteiger partial charge in [-0.3, -0.25) is 14.6 Å². The second-order valence-electron chi connectivity index (χ2n) is 5.96. The van der Waals surface area contributed by atoms with Crippen molar-refractivity contribution in [2.75, 3.05) is 30.4 Å². The van der Waals surface area contributed by atoms with Gasteiger partial charge in [0.15, 0.2) is 0 Å². The van der Waals surface area contributed by atoms with Crippen LogP contribution in [0.25, 0.3) is 0 Å². The third kappa shape index (κ3) is 3.96. The lowest BCUT2D eigenvalue weighted by Crippen LogP contribution is -2.28. The summed E-state index contributed by atoms with van der Waals surface area (Å²) in [7, 11) is 1.52. The Morgan fingerprint density at radius 1 is 1.36 bits per heavy atom. The first kappa shape index (κ1) is 16.9. The normalized spacial score (nSPS) is 13.8. The highest BCUT2D eigenvalue weighted by Crippen LogP contribution is 2.16. The Morgan fingerprint density at radius 3 is 2.72 bits per heavy atom. The van der Waals surface area contributed by atoms with E-state index in [1.807, 2.05) is 0 Å². The minimum absolute atomic E-state index is 0.0412. The highest BCUT2D eigenvalue weighted by atomic mass is 16.5. The monoisotopic (exact) mass is 343 g/mol. The van der Waals surface area contributed by atoms with Gasteiger partial charge < -0.3 is 15.0 Å². The summed E-state index contributed by atoms with van der Waals surface area (Å²) in [5, 5.41) is 2.72. The molecule has 1 amide bonds. The lowest BCUT2D eigenvalue weighted by molar-refractivity contribution is -0.115. The van der Waals surface area contributed by atoms with E-state index >= 15 is 0 Å². The second kappa shape index (κ2) is 7.33. The fraction of sp³-hybridized carbons (Fsp3) is 0.412. The number of nitrogens with zero attached hydrogens (tertiary/aromatic N) is 3. The number of aromatic amines is 1. The maximum atomic E-state index is 12.4. The number of methoxy groups -OCH3 is 1. The lowest BCUT2D eigenvalue weighted by atomic mass is 10.1. The smallest absolute Gasteiger partial charge is 0.256 e. The van der Waals surface area contributed by atoms with Crippen molar-refractivity contribution in [3.8, 4) is 5.88 Å². The van der Waals surface area contributed by atoms with Gasteiger partial charge in [0.25, 0.3) is 5.56 Å². The van der Waals surface area contributed by atoms with Crippen LogP contribution in [-0.4, -0.2) is 41.1 Å². The van der Waals surface area contributed by atoms with E-state index in [1.54, 1.807) is 19.1 Å². The number of anilines is 2. The number of hydrogen-bond acceptors (Lipinski definition) is 6. The molecule has 0 aliphatic carbocycles. The molecule has 3 heterocycles. The molecule has 2 aromatic rings. The summed E-state index contributed by atoms with van der Waals surface area (Å²) >= 11 is 0. The first-order chi connectivity index (χ1) is 12.1. The van der Waals surface area contributed by atoms with Crippen LogP contribution in [0.5, 0.6) is 5.88 Å². The van der Waals surface area contributed by atoms with Crippen molar-refractivity contribution in [3.63, 3.8) is 0 Å². The minimum atomic E-state index is -0.295. The van der Waals surface area contributed by atoms with E-state index < -0.39 is 0 Å². The van der Waals surface area contributed by atoms with Gasteiger partial charge in [-0.2, -0.15) is 0 Å². The van der Waals surface area contributed by atoms with Crippen LogP contribution in [0.3, 0.4) is 0 Å². The first-order valence-electron chi connectivity index (χ1n) is 8.21. The molecule has 1 fully saturated rings. The summed E-state index contributed by atoms with van der Waals surface area (Å²) < 4.78 is 4.97. The van der Waals surface area contributed by atoms with Crippen LogP contribution in [0.2, 0.25) is 0 Å². The van der Waals surface area contributed by atoms with Crippen LogP contribution in [0, 0.1) is 6.92 Å². The molecule has 2 aromatic heterocycles. The predicted octanol–water partition coefficient (Wildman–Crippen LogP) is 1.26.